The van der Waals surface area contributed by atoms with Crippen molar-refractivity contribution >= 4 is 32.7 Å². The van der Waals surface area contributed by atoms with E-state index in [1.807, 2.05) is 0 Å². The first kappa shape index (κ1) is 6.78. The molecule has 5 heteroatoms. The molecule has 0 spiro atoms. The molecule has 0 fully saturated rings. The number of carbonyl (C=O) groups is 2. The van der Waals surface area contributed by atoms with Crippen molar-refractivity contribution in [3.63, 3.8) is 0 Å². The molecule has 0 radical (unpaired) electrons. The van der Waals surface area contributed by atoms with Crippen molar-refractivity contribution in [1.82, 2.24) is 0 Å². The third-order valence-electron chi connectivity index (χ3n) is 0.271. The molecule has 0 saturated carbocycles. The molecule has 0 aliphatic rings. The predicted octanol–water partition coefficient (Wildman–Crippen LogP) is -0.115. The number of amides is 1. The summed E-state index contributed by atoms with van der Waals surface area (Å²) in [6.45, 7) is 0. The zero-order valence-electron chi connectivity index (χ0n) is 3.18. The molecule has 3 nitrogen and oxygen atoms in total. The van der Waals surface area contributed by atoms with Gasteiger partial charge >= 0.3 is 0 Å². The Bertz CT molecular complexity index is 104. The monoisotopic (exact) mass is 139 g/mol. The summed E-state index contributed by atoms with van der Waals surface area (Å²) in [5.74, 6) is -1.01. The Balaban J connectivity index is 3.58. The van der Waals surface area contributed by atoms with Crippen LogP contribution in [0.4, 0.5) is 0 Å². The Labute approximate surface area is 48.7 Å². The fourth-order valence-electron chi connectivity index (χ4n) is 0.0380. The Morgan fingerprint density at radius 3 is 2.00 bits per heavy atom. The van der Waals surface area contributed by atoms with Crippen LogP contribution >= 0.6 is 21.7 Å². The van der Waals surface area contributed by atoms with E-state index in [0.717, 1.165) is 0 Å². The Hall–Kier alpha value is -0.220. The average molecular weight is 140 g/mol. The molecule has 1 amide bonds. The van der Waals surface area contributed by atoms with E-state index in [9.17, 15) is 9.59 Å². The maximum Gasteiger partial charge on any atom is 0.297 e. The van der Waals surface area contributed by atoms with Gasteiger partial charge in [0.15, 0.2) is 0 Å². The Morgan fingerprint density at radius 2 is 2.00 bits per heavy atom. The van der Waals surface area contributed by atoms with Crippen LogP contribution in [0.5, 0.6) is 0 Å². The van der Waals surface area contributed by atoms with E-state index in [1.165, 1.54) is 0 Å². The minimum absolute atomic E-state index is 0.292. The van der Waals surface area contributed by atoms with Gasteiger partial charge in [0.25, 0.3) is 11.0 Å². The quantitative estimate of drug-likeness (QED) is 0.477. The van der Waals surface area contributed by atoms with Gasteiger partial charge < -0.3 is 5.73 Å². The lowest BCUT2D eigenvalue weighted by atomic mass is 10.7. The van der Waals surface area contributed by atoms with Gasteiger partial charge in [-0.1, -0.05) is 0 Å². The molecule has 0 aliphatic heterocycles. The molecular formula is C2H2ClNO2S. The number of halogens is 1. The van der Waals surface area contributed by atoms with Gasteiger partial charge in [0.05, 0.1) is 0 Å². The number of carbonyl (C=O) groups excluding carboxylic acids is 2. The minimum atomic E-state index is -1.01. The van der Waals surface area contributed by atoms with Crippen molar-refractivity contribution in [1.29, 1.82) is 0 Å². The molecule has 0 aromatic rings. The lowest BCUT2D eigenvalue weighted by Crippen LogP contribution is -2.18. The maximum absolute atomic E-state index is 9.87. The van der Waals surface area contributed by atoms with E-state index >= 15 is 0 Å². The summed E-state index contributed by atoms with van der Waals surface area (Å²) in [5.41, 5.74) is 4.45. The van der Waals surface area contributed by atoms with Crippen molar-refractivity contribution in [2.24, 2.45) is 5.73 Å². The predicted molar refractivity (Wildman–Crippen MR) is 27.6 cm³/mol. The number of hydrogen-bond donors (Lipinski definition) is 1. The molecule has 0 unspecified atom stereocenters. The highest BCUT2D eigenvalue weighted by Crippen LogP contribution is 2.04. The Morgan fingerprint density at radius 1 is 1.57 bits per heavy atom. The lowest BCUT2D eigenvalue weighted by Gasteiger charge is -1.79. The summed E-state index contributed by atoms with van der Waals surface area (Å²) < 4.78 is 0. The molecule has 40 valence electrons. The second-order valence-electron chi connectivity index (χ2n) is 0.729. The lowest BCUT2D eigenvalue weighted by molar-refractivity contribution is -0.130. The minimum Gasteiger partial charge on any atom is -0.362 e. The van der Waals surface area contributed by atoms with Crippen LogP contribution < -0.4 is 5.73 Å². The highest BCUT2D eigenvalue weighted by atomic mass is 35.7. The topological polar surface area (TPSA) is 60.2 Å². The van der Waals surface area contributed by atoms with E-state index in [-0.39, 0.29) is 0 Å². The number of rotatable bonds is 0. The largest absolute Gasteiger partial charge is 0.362 e. The normalized spacial score (nSPS) is 8.14. The Kier molecular flexibility index (Phi) is 2.78. The van der Waals surface area contributed by atoms with Gasteiger partial charge in [0.1, 0.15) is 0 Å². The molecule has 7 heavy (non-hydrogen) atoms. The third-order valence-corrected chi connectivity index (χ3v) is 1.03. The van der Waals surface area contributed by atoms with Crippen LogP contribution in [0.1, 0.15) is 0 Å². The number of nitrogens with two attached hydrogens (primary N) is 1. The molecule has 0 aromatic carbocycles. The second kappa shape index (κ2) is 2.87. The summed E-state index contributed by atoms with van der Waals surface area (Å²) in [4.78, 5) is 19.6. The molecule has 0 heterocycles. The molecule has 0 aromatic heterocycles. The maximum atomic E-state index is 9.87. The van der Waals surface area contributed by atoms with Crippen molar-refractivity contribution < 1.29 is 9.59 Å². The third kappa shape index (κ3) is 2.47. The molecule has 0 rings (SSSR count). The van der Waals surface area contributed by atoms with Crippen molar-refractivity contribution in [3.8, 4) is 0 Å². The van der Waals surface area contributed by atoms with E-state index in [2.05, 4.69) is 5.73 Å². The van der Waals surface area contributed by atoms with Crippen LogP contribution in [0.3, 0.4) is 0 Å². The van der Waals surface area contributed by atoms with E-state index in [1.54, 1.807) is 0 Å². The molecular weight excluding hydrogens is 138 g/mol. The van der Waals surface area contributed by atoms with Gasteiger partial charge in [-0.3, -0.25) is 9.59 Å². The zero-order valence-corrected chi connectivity index (χ0v) is 4.75. The molecule has 0 saturated heterocycles. The molecule has 0 aliphatic carbocycles. The summed E-state index contributed by atoms with van der Waals surface area (Å²) in [7, 11) is 5.10. The molecule has 0 bridgehead atoms. The van der Waals surface area contributed by atoms with Crippen LogP contribution in [0, 0.1) is 0 Å². The first-order valence-corrected chi connectivity index (χ1v) is 2.95. The van der Waals surface area contributed by atoms with Crippen LogP contribution in [0.2, 0.25) is 0 Å². The van der Waals surface area contributed by atoms with Gasteiger partial charge in [0.2, 0.25) is 0 Å². The first-order valence-electron chi connectivity index (χ1n) is 1.31. The fourth-order valence-corrected chi connectivity index (χ4v) is 0.342. The van der Waals surface area contributed by atoms with Gasteiger partial charge in [0, 0.05) is 11.0 Å². The van der Waals surface area contributed by atoms with E-state index < -0.39 is 11.0 Å². The summed E-state index contributed by atoms with van der Waals surface area (Å²) in [6.07, 6.45) is 0. The molecule has 0 atom stereocenters. The van der Waals surface area contributed by atoms with Crippen molar-refractivity contribution in [2.75, 3.05) is 0 Å². The average Bonchev–Trinajstić information content (AvgIpc) is 1.65. The fraction of sp³-hybridized carbons (Fsp3) is 0. The smallest absolute Gasteiger partial charge is 0.297 e. The van der Waals surface area contributed by atoms with Crippen LogP contribution in [-0.2, 0) is 9.59 Å². The molecule has 2 N–H and O–H groups in total. The van der Waals surface area contributed by atoms with Gasteiger partial charge in [-0.2, -0.15) is 0 Å². The number of primary amides is 1. The van der Waals surface area contributed by atoms with Crippen molar-refractivity contribution in [3.05, 3.63) is 0 Å². The van der Waals surface area contributed by atoms with Crippen LogP contribution in [0.25, 0.3) is 0 Å². The van der Waals surface area contributed by atoms with E-state index in [4.69, 9.17) is 10.7 Å². The van der Waals surface area contributed by atoms with Crippen molar-refractivity contribution in [2.45, 2.75) is 0 Å². The standard InChI is InChI=1S/C2H2ClNO2S/c3-7-2(6)1(4)5/h(H2,4,5). The van der Waals surface area contributed by atoms with Crippen LogP contribution in [0.15, 0.2) is 0 Å². The number of hydrogen-bond acceptors (Lipinski definition) is 3. The highest BCUT2D eigenvalue weighted by Gasteiger charge is 2.05. The van der Waals surface area contributed by atoms with Gasteiger partial charge in [-0.15, -0.1) is 0 Å². The second-order valence-corrected chi connectivity index (χ2v) is 1.72. The van der Waals surface area contributed by atoms with Crippen LogP contribution in [-0.4, -0.2) is 11.0 Å². The SMILES string of the molecule is NC(=O)C(=O)SCl. The van der Waals surface area contributed by atoms with E-state index in [0.29, 0.717) is 11.0 Å². The summed E-state index contributed by atoms with van der Waals surface area (Å²) in [5, 5.41) is -0.832. The zero-order chi connectivity index (χ0) is 5.86. The summed E-state index contributed by atoms with van der Waals surface area (Å²) in [6, 6.07) is 0. The van der Waals surface area contributed by atoms with Gasteiger partial charge in [-0.05, 0) is 10.7 Å². The first-order chi connectivity index (χ1) is 3.18. The van der Waals surface area contributed by atoms with Gasteiger partial charge in [-0.25, -0.2) is 0 Å². The highest BCUT2D eigenvalue weighted by molar-refractivity contribution is 8.33. The summed E-state index contributed by atoms with van der Waals surface area (Å²) >= 11 is 0.